The second-order valence-electron chi connectivity index (χ2n) is 5.48. The molecule has 0 aromatic heterocycles. The molecule has 130 valence electrons. The van der Waals surface area contributed by atoms with Gasteiger partial charge in [0.15, 0.2) is 3.79 Å². The summed E-state index contributed by atoms with van der Waals surface area (Å²) in [7, 11) is 3.06. The van der Waals surface area contributed by atoms with E-state index in [1.807, 2.05) is 0 Å². The van der Waals surface area contributed by atoms with Crippen LogP contribution in [-0.4, -0.2) is 45.5 Å². The number of carbonyl (C=O) groups is 2. The molecule has 0 radical (unpaired) electrons. The van der Waals surface area contributed by atoms with Crippen LogP contribution in [0.1, 0.15) is 20.3 Å². The Kier molecular flexibility index (Phi) is 7.12. The minimum atomic E-state index is -1.51. The number of alkyl halides is 3. The van der Waals surface area contributed by atoms with Crippen LogP contribution in [0, 0.1) is 5.92 Å². The summed E-state index contributed by atoms with van der Waals surface area (Å²) in [4.78, 5) is 27.7. The second-order valence-corrected chi connectivity index (χ2v) is 8.80. The lowest BCUT2D eigenvalue weighted by Gasteiger charge is -2.39. The fourth-order valence-electron chi connectivity index (χ4n) is 2.12. The summed E-state index contributed by atoms with van der Waals surface area (Å²) in [6.07, 6.45) is 1.71. The smallest absolute Gasteiger partial charge is 0.270 e. The number of hydrogen-bond acceptors (Lipinski definition) is 2. The topological polar surface area (TPSA) is 40.6 Å². The van der Waals surface area contributed by atoms with E-state index < -0.39 is 15.8 Å². The van der Waals surface area contributed by atoms with Gasteiger partial charge in [0.2, 0.25) is 5.91 Å². The normalized spacial score (nSPS) is 22.7. The Labute approximate surface area is 160 Å². The summed E-state index contributed by atoms with van der Waals surface area (Å²) in [5.74, 6) is -1.00. The van der Waals surface area contributed by atoms with Gasteiger partial charge in [0.1, 0.15) is 16.2 Å². The van der Waals surface area contributed by atoms with E-state index in [2.05, 4.69) is 0 Å². The third-order valence-electron chi connectivity index (χ3n) is 3.77. The van der Waals surface area contributed by atoms with Crippen molar-refractivity contribution in [2.75, 3.05) is 14.1 Å². The average Bonchev–Trinajstić information content (AvgIpc) is 2.44. The third kappa shape index (κ3) is 4.93. The number of hydrogen-bond donors (Lipinski definition) is 0. The van der Waals surface area contributed by atoms with Crippen molar-refractivity contribution < 1.29 is 9.59 Å². The fourth-order valence-corrected chi connectivity index (χ4v) is 2.50. The fraction of sp³-hybridized carbons (Fsp3) is 0.571. The standard InChI is InChI=1S/C14H17Cl5N2O2/c1-7(11(15)16)5-9-12(22)21(4)10(13(23)20(9)3)6-8(2)14(17,18)19/h5,8,10H,6H2,1-4H3/b9-5-/t8-,10-/m1/s1. The van der Waals surface area contributed by atoms with E-state index in [4.69, 9.17) is 58.0 Å². The highest BCUT2D eigenvalue weighted by Crippen LogP contribution is 2.38. The highest BCUT2D eigenvalue weighted by Gasteiger charge is 2.42. The lowest BCUT2D eigenvalue weighted by molar-refractivity contribution is -0.149. The van der Waals surface area contributed by atoms with Crippen LogP contribution in [0.15, 0.2) is 21.8 Å². The van der Waals surface area contributed by atoms with Gasteiger partial charge in [0, 0.05) is 20.0 Å². The van der Waals surface area contributed by atoms with Gasteiger partial charge >= 0.3 is 0 Å². The van der Waals surface area contributed by atoms with Crippen molar-refractivity contribution in [3.63, 3.8) is 0 Å². The van der Waals surface area contributed by atoms with Gasteiger partial charge in [-0.15, -0.1) is 0 Å². The molecule has 2 atom stereocenters. The van der Waals surface area contributed by atoms with Crippen LogP contribution >= 0.6 is 58.0 Å². The first-order chi connectivity index (χ1) is 10.4. The minimum absolute atomic E-state index is 0.0285. The van der Waals surface area contributed by atoms with E-state index >= 15 is 0 Å². The molecule has 0 unspecified atom stereocenters. The van der Waals surface area contributed by atoms with Crippen molar-refractivity contribution in [1.82, 2.24) is 9.80 Å². The summed E-state index contributed by atoms with van der Waals surface area (Å²) in [6.45, 7) is 3.36. The Balaban J connectivity index is 3.12. The van der Waals surface area contributed by atoms with Crippen molar-refractivity contribution in [3.05, 3.63) is 21.8 Å². The Morgan fingerprint density at radius 1 is 1.26 bits per heavy atom. The molecule has 0 aromatic rings. The van der Waals surface area contributed by atoms with Gasteiger partial charge in [-0.1, -0.05) is 64.9 Å². The third-order valence-corrected chi connectivity index (χ3v) is 5.48. The molecular formula is C14H17Cl5N2O2. The van der Waals surface area contributed by atoms with Crippen LogP contribution in [0.4, 0.5) is 0 Å². The predicted molar refractivity (Wildman–Crippen MR) is 95.9 cm³/mol. The number of likely N-dealkylation sites (N-methyl/N-ethyl adjacent to an activating group) is 2. The molecule has 23 heavy (non-hydrogen) atoms. The minimum Gasteiger partial charge on any atom is -0.328 e. The van der Waals surface area contributed by atoms with Gasteiger partial charge in [-0.25, -0.2) is 0 Å². The number of nitrogens with zero attached hydrogens (tertiary/aromatic N) is 2. The summed E-state index contributed by atoms with van der Waals surface area (Å²) < 4.78 is -1.48. The van der Waals surface area contributed by atoms with Gasteiger partial charge in [-0.3, -0.25) is 9.59 Å². The molecule has 0 aromatic carbocycles. The summed E-state index contributed by atoms with van der Waals surface area (Å²) in [6, 6.07) is -0.703. The summed E-state index contributed by atoms with van der Waals surface area (Å²) in [5, 5.41) is 0. The Morgan fingerprint density at radius 2 is 1.78 bits per heavy atom. The lowest BCUT2D eigenvalue weighted by Crippen LogP contribution is -2.56. The predicted octanol–water partition coefficient (Wildman–Crippen LogP) is 4.27. The number of rotatable bonds is 3. The molecule has 0 bridgehead atoms. The van der Waals surface area contributed by atoms with Gasteiger partial charge < -0.3 is 9.80 Å². The zero-order chi connectivity index (χ0) is 18.1. The van der Waals surface area contributed by atoms with E-state index in [9.17, 15) is 9.59 Å². The largest absolute Gasteiger partial charge is 0.328 e. The monoisotopic (exact) mass is 420 g/mol. The Bertz CT molecular complexity index is 564. The number of amides is 2. The molecule has 1 fully saturated rings. The summed E-state index contributed by atoms with van der Waals surface area (Å²) in [5.41, 5.74) is 0.671. The molecule has 4 nitrogen and oxygen atoms in total. The van der Waals surface area contributed by atoms with Crippen LogP contribution in [0.5, 0.6) is 0 Å². The van der Waals surface area contributed by atoms with E-state index in [-0.39, 0.29) is 28.4 Å². The first kappa shape index (κ1) is 20.9. The molecule has 0 N–H and O–H groups in total. The van der Waals surface area contributed by atoms with Crippen molar-refractivity contribution in [2.24, 2.45) is 5.92 Å². The number of piperazine rings is 1. The van der Waals surface area contributed by atoms with Gasteiger partial charge in [-0.2, -0.15) is 0 Å². The number of halogens is 5. The molecule has 9 heteroatoms. The Hall–Kier alpha value is -0.130. The maximum atomic E-state index is 12.6. The van der Waals surface area contributed by atoms with Crippen LogP contribution in [0.25, 0.3) is 0 Å². The lowest BCUT2D eigenvalue weighted by atomic mass is 9.98. The molecule has 2 amide bonds. The van der Waals surface area contributed by atoms with Crippen LogP contribution in [0.2, 0.25) is 0 Å². The van der Waals surface area contributed by atoms with Crippen LogP contribution in [0.3, 0.4) is 0 Å². The van der Waals surface area contributed by atoms with E-state index in [0.29, 0.717) is 5.57 Å². The molecular weight excluding hydrogens is 405 g/mol. The second kappa shape index (κ2) is 7.83. The van der Waals surface area contributed by atoms with E-state index in [0.717, 1.165) is 0 Å². The van der Waals surface area contributed by atoms with Gasteiger partial charge in [0.25, 0.3) is 5.91 Å². The first-order valence-corrected chi connectivity index (χ1v) is 8.61. The maximum Gasteiger partial charge on any atom is 0.270 e. The zero-order valence-electron chi connectivity index (χ0n) is 13.0. The highest BCUT2D eigenvalue weighted by atomic mass is 35.6. The maximum absolute atomic E-state index is 12.6. The van der Waals surface area contributed by atoms with E-state index in [1.165, 1.54) is 30.0 Å². The molecule has 0 saturated carbocycles. The Morgan fingerprint density at radius 3 is 2.22 bits per heavy atom. The number of carbonyl (C=O) groups excluding carboxylic acids is 2. The molecule has 0 spiro atoms. The quantitative estimate of drug-likeness (QED) is 0.503. The van der Waals surface area contributed by atoms with Gasteiger partial charge in [-0.05, 0) is 25.0 Å². The summed E-state index contributed by atoms with van der Waals surface area (Å²) >= 11 is 29.0. The van der Waals surface area contributed by atoms with Crippen molar-refractivity contribution in [1.29, 1.82) is 0 Å². The molecule has 0 aliphatic carbocycles. The van der Waals surface area contributed by atoms with E-state index in [1.54, 1.807) is 13.8 Å². The molecule has 1 heterocycles. The average molecular weight is 423 g/mol. The zero-order valence-corrected chi connectivity index (χ0v) is 16.8. The molecule has 1 aliphatic heterocycles. The van der Waals surface area contributed by atoms with Crippen LogP contribution < -0.4 is 0 Å². The SMILES string of the molecule is CC(/C=C1/C(=O)N(C)[C@H](C[C@@H](C)C(Cl)(Cl)Cl)C(=O)N1C)=C(Cl)Cl. The first-order valence-electron chi connectivity index (χ1n) is 6.73. The highest BCUT2D eigenvalue weighted by molar-refractivity contribution is 6.67. The van der Waals surface area contributed by atoms with Crippen molar-refractivity contribution in [3.8, 4) is 0 Å². The van der Waals surface area contributed by atoms with Crippen LogP contribution in [-0.2, 0) is 9.59 Å². The van der Waals surface area contributed by atoms with Crippen molar-refractivity contribution >= 4 is 69.8 Å². The molecule has 1 saturated heterocycles. The molecule has 1 aliphatic rings. The number of allylic oxidation sites excluding steroid dienone is 2. The van der Waals surface area contributed by atoms with Gasteiger partial charge in [0.05, 0.1) is 0 Å². The molecule has 1 rings (SSSR count). The van der Waals surface area contributed by atoms with Crippen molar-refractivity contribution in [2.45, 2.75) is 30.1 Å².